The maximum absolute atomic E-state index is 6.89. The van der Waals surface area contributed by atoms with Crippen LogP contribution in [0.4, 0.5) is 17.1 Å². The van der Waals surface area contributed by atoms with E-state index in [2.05, 4.69) is 229 Å². The van der Waals surface area contributed by atoms with Crippen LogP contribution in [0.2, 0.25) is 0 Å². The summed E-state index contributed by atoms with van der Waals surface area (Å²) < 4.78 is 6.89. The van der Waals surface area contributed by atoms with E-state index in [-0.39, 0.29) is 0 Å². The molecule has 12 rings (SSSR count). The maximum Gasteiger partial charge on any atom is 0.159 e. The van der Waals surface area contributed by atoms with Crippen LogP contribution >= 0.6 is 0 Å². The van der Waals surface area contributed by atoms with Crippen molar-refractivity contribution >= 4 is 60.5 Å². The standard InChI is InChI=1S/C57H37NO/c1-4-19-38(20-5-1)42-26-14-16-32-50(42)58(51-33-18-31-47-45-29-15-17-34-53(45)59-56(47)51)52-37-49-55(46-30-13-12-28-44(46)52)54-43-27-11-10-21-39(43)35-36-48(54)57(49,40-22-6-2-7-23-40)41-24-8-3-9-25-41/h1-37H. The quantitative estimate of drug-likeness (QED) is 0.168. The average molecular weight is 752 g/mol. The summed E-state index contributed by atoms with van der Waals surface area (Å²) in [6.45, 7) is 0. The van der Waals surface area contributed by atoms with E-state index in [1.165, 1.54) is 49.5 Å². The summed E-state index contributed by atoms with van der Waals surface area (Å²) in [6, 6.07) is 81.8. The molecule has 0 saturated carbocycles. The highest BCUT2D eigenvalue weighted by Gasteiger charge is 2.48. The molecule has 2 nitrogen and oxygen atoms in total. The van der Waals surface area contributed by atoms with E-state index in [1.807, 2.05) is 0 Å². The molecule has 10 aromatic carbocycles. The van der Waals surface area contributed by atoms with E-state index in [9.17, 15) is 0 Å². The number of hydrogen-bond donors (Lipinski definition) is 0. The molecular weight excluding hydrogens is 715 g/mol. The average Bonchev–Trinajstić information content (AvgIpc) is 3.85. The van der Waals surface area contributed by atoms with Gasteiger partial charge in [0.05, 0.1) is 22.5 Å². The Kier molecular flexibility index (Phi) is 7.48. The number of anilines is 3. The van der Waals surface area contributed by atoms with Crippen molar-refractivity contribution in [1.82, 2.24) is 0 Å². The van der Waals surface area contributed by atoms with Gasteiger partial charge in [0.1, 0.15) is 5.58 Å². The van der Waals surface area contributed by atoms with E-state index >= 15 is 0 Å². The summed E-state index contributed by atoms with van der Waals surface area (Å²) in [6.07, 6.45) is 0. The minimum absolute atomic E-state index is 0.619. The Morgan fingerprint density at radius 3 is 1.68 bits per heavy atom. The Hall–Kier alpha value is -7.68. The second kappa shape index (κ2) is 13.2. The molecule has 0 atom stereocenters. The van der Waals surface area contributed by atoms with E-state index < -0.39 is 5.41 Å². The number of para-hydroxylation sites is 3. The minimum atomic E-state index is -0.619. The first kappa shape index (κ1) is 33.5. The molecule has 0 amide bonds. The summed E-state index contributed by atoms with van der Waals surface area (Å²) in [5.41, 5.74) is 14.1. The van der Waals surface area contributed by atoms with Crippen molar-refractivity contribution in [2.75, 3.05) is 4.90 Å². The molecule has 1 heterocycles. The first-order chi connectivity index (χ1) is 29.3. The molecule has 1 aromatic heterocycles. The lowest BCUT2D eigenvalue weighted by molar-refractivity contribution is 0.669. The van der Waals surface area contributed by atoms with Crippen LogP contribution < -0.4 is 4.90 Å². The minimum Gasteiger partial charge on any atom is -0.454 e. The number of nitrogens with zero attached hydrogens (tertiary/aromatic N) is 1. The molecule has 0 N–H and O–H groups in total. The van der Waals surface area contributed by atoms with Gasteiger partial charge in [0.15, 0.2) is 5.58 Å². The third-order valence-corrected chi connectivity index (χ3v) is 12.5. The summed E-state index contributed by atoms with van der Waals surface area (Å²) in [4.78, 5) is 2.47. The topological polar surface area (TPSA) is 16.4 Å². The van der Waals surface area contributed by atoms with E-state index in [4.69, 9.17) is 4.42 Å². The van der Waals surface area contributed by atoms with Gasteiger partial charge in [-0.05, 0) is 79.4 Å². The molecule has 0 radical (unpaired) electrons. The fourth-order valence-corrected chi connectivity index (χ4v) is 10.1. The molecule has 2 heteroatoms. The van der Waals surface area contributed by atoms with Gasteiger partial charge in [-0.25, -0.2) is 0 Å². The molecule has 0 saturated heterocycles. The van der Waals surface area contributed by atoms with Crippen molar-refractivity contribution in [3.63, 3.8) is 0 Å². The van der Waals surface area contributed by atoms with Crippen molar-refractivity contribution in [3.8, 4) is 22.3 Å². The molecule has 11 aromatic rings. The zero-order chi connectivity index (χ0) is 38.9. The van der Waals surface area contributed by atoms with Crippen LogP contribution in [0.25, 0.3) is 65.7 Å². The van der Waals surface area contributed by atoms with Crippen molar-refractivity contribution < 1.29 is 4.42 Å². The highest BCUT2D eigenvalue weighted by molar-refractivity contribution is 6.18. The van der Waals surface area contributed by atoms with Gasteiger partial charge in [0, 0.05) is 21.7 Å². The van der Waals surface area contributed by atoms with E-state index in [1.54, 1.807) is 0 Å². The van der Waals surface area contributed by atoms with Crippen molar-refractivity contribution in [2.45, 2.75) is 5.41 Å². The van der Waals surface area contributed by atoms with Crippen molar-refractivity contribution in [3.05, 3.63) is 247 Å². The SMILES string of the molecule is c1ccc(-c2ccccc2N(c2cc3c(c4ccccc24)-c2c(ccc4ccccc24)C3(c2ccccc2)c2ccccc2)c2cccc3c2oc2ccccc23)cc1. The Bertz CT molecular complexity index is 3340. The fraction of sp³-hybridized carbons (Fsp3) is 0.0175. The summed E-state index contributed by atoms with van der Waals surface area (Å²) in [5.74, 6) is 0. The number of fused-ring (bicyclic) bond motifs is 10. The smallest absolute Gasteiger partial charge is 0.159 e. The molecule has 0 aliphatic heterocycles. The molecule has 276 valence electrons. The highest BCUT2D eigenvalue weighted by atomic mass is 16.3. The van der Waals surface area contributed by atoms with Crippen LogP contribution in [0.3, 0.4) is 0 Å². The van der Waals surface area contributed by atoms with Crippen molar-refractivity contribution in [2.24, 2.45) is 0 Å². The molecule has 0 unspecified atom stereocenters. The second-order valence-electron chi connectivity index (χ2n) is 15.5. The normalized spacial score (nSPS) is 12.9. The predicted molar refractivity (Wildman–Crippen MR) is 246 cm³/mol. The van der Waals surface area contributed by atoms with Gasteiger partial charge in [0.2, 0.25) is 0 Å². The maximum atomic E-state index is 6.89. The summed E-state index contributed by atoms with van der Waals surface area (Å²) >= 11 is 0. The summed E-state index contributed by atoms with van der Waals surface area (Å²) in [7, 11) is 0. The van der Waals surface area contributed by atoms with E-state index in [0.717, 1.165) is 55.5 Å². The zero-order valence-electron chi connectivity index (χ0n) is 32.2. The number of benzene rings is 10. The lowest BCUT2D eigenvalue weighted by Crippen LogP contribution is -2.28. The molecule has 1 aliphatic rings. The number of rotatable bonds is 6. The monoisotopic (exact) mass is 751 g/mol. The Morgan fingerprint density at radius 2 is 0.915 bits per heavy atom. The fourth-order valence-electron chi connectivity index (χ4n) is 10.1. The third kappa shape index (κ3) is 4.87. The number of furan rings is 1. The largest absolute Gasteiger partial charge is 0.454 e. The van der Waals surface area contributed by atoms with Gasteiger partial charge in [-0.3, -0.25) is 0 Å². The van der Waals surface area contributed by atoms with Crippen molar-refractivity contribution in [1.29, 1.82) is 0 Å². The van der Waals surface area contributed by atoms with Gasteiger partial charge >= 0.3 is 0 Å². The first-order valence-corrected chi connectivity index (χ1v) is 20.4. The zero-order valence-corrected chi connectivity index (χ0v) is 32.2. The van der Waals surface area contributed by atoms with Gasteiger partial charge in [-0.2, -0.15) is 0 Å². The third-order valence-electron chi connectivity index (χ3n) is 12.5. The van der Waals surface area contributed by atoms with Crippen LogP contribution in [0.1, 0.15) is 22.3 Å². The van der Waals surface area contributed by atoms with E-state index in [0.29, 0.717) is 0 Å². The van der Waals surface area contributed by atoms with Crippen LogP contribution in [0.15, 0.2) is 229 Å². The predicted octanol–water partition coefficient (Wildman–Crippen LogP) is 15.4. The van der Waals surface area contributed by atoms with Crippen LogP contribution in [-0.2, 0) is 5.41 Å². The van der Waals surface area contributed by atoms with Crippen LogP contribution in [0, 0.1) is 0 Å². The Labute approximate surface area is 342 Å². The molecule has 0 bridgehead atoms. The second-order valence-corrected chi connectivity index (χ2v) is 15.5. The van der Waals surface area contributed by atoms with Gasteiger partial charge in [-0.15, -0.1) is 0 Å². The molecule has 1 aliphatic carbocycles. The van der Waals surface area contributed by atoms with Gasteiger partial charge in [0.25, 0.3) is 0 Å². The Balaban J connectivity index is 1.28. The molecular formula is C57H37NO. The highest BCUT2D eigenvalue weighted by Crippen LogP contribution is 2.61. The number of hydrogen-bond acceptors (Lipinski definition) is 2. The van der Waals surface area contributed by atoms with Gasteiger partial charge < -0.3 is 9.32 Å². The Morgan fingerprint density at radius 1 is 0.356 bits per heavy atom. The molecule has 0 fully saturated rings. The first-order valence-electron chi connectivity index (χ1n) is 20.4. The molecule has 0 spiro atoms. The lowest BCUT2D eigenvalue weighted by atomic mass is 9.67. The lowest BCUT2D eigenvalue weighted by Gasteiger charge is -2.35. The van der Waals surface area contributed by atoms with Crippen LogP contribution in [0.5, 0.6) is 0 Å². The van der Waals surface area contributed by atoms with Crippen LogP contribution in [-0.4, -0.2) is 0 Å². The summed E-state index contributed by atoms with van der Waals surface area (Å²) in [5, 5.41) is 7.07. The van der Waals surface area contributed by atoms with Gasteiger partial charge in [-0.1, -0.05) is 200 Å². The molecule has 59 heavy (non-hydrogen) atoms.